The summed E-state index contributed by atoms with van der Waals surface area (Å²) in [5, 5.41) is 0. The third-order valence-electron chi connectivity index (χ3n) is 5.42. The van der Waals surface area contributed by atoms with Crippen LogP contribution in [0.15, 0.2) is 29.2 Å². The van der Waals surface area contributed by atoms with E-state index in [0.29, 0.717) is 19.8 Å². The van der Waals surface area contributed by atoms with Gasteiger partial charge in [0.1, 0.15) is 0 Å². The fourth-order valence-electron chi connectivity index (χ4n) is 3.77. The molecule has 1 aromatic carbocycles. The van der Waals surface area contributed by atoms with Gasteiger partial charge in [0.05, 0.1) is 23.7 Å². The van der Waals surface area contributed by atoms with Crippen molar-refractivity contribution in [3.63, 3.8) is 0 Å². The molecule has 2 aliphatic rings. The maximum absolute atomic E-state index is 12.8. The molecule has 3 rings (SSSR count). The van der Waals surface area contributed by atoms with E-state index < -0.39 is 16.0 Å². The molecule has 2 aliphatic heterocycles. The first-order valence-electron chi connectivity index (χ1n) is 10.1. The summed E-state index contributed by atoms with van der Waals surface area (Å²) in [5.74, 6) is -0.913. The van der Waals surface area contributed by atoms with Gasteiger partial charge in [0, 0.05) is 25.7 Å². The lowest BCUT2D eigenvalue weighted by atomic mass is 10.00. The number of carbonyl (C=O) groups is 2. The topological polar surface area (TPSA) is 93.2 Å². The average Bonchev–Trinajstić information content (AvgIpc) is 2.77. The molecule has 0 aromatic heterocycles. The van der Waals surface area contributed by atoms with Crippen LogP contribution in [0.4, 0.5) is 0 Å². The molecule has 0 unspecified atom stereocenters. The first kappa shape index (κ1) is 21.7. The van der Waals surface area contributed by atoms with E-state index in [0.717, 1.165) is 25.7 Å². The van der Waals surface area contributed by atoms with E-state index in [4.69, 9.17) is 9.47 Å². The molecule has 0 aliphatic carbocycles. The number of morpholine rings is 1. The largest absolute Gasteiger partial charge is 0.452 e. The minimum Gasteiger partial charge on any atom is -0.452 e. The van der Waals surface area contributed by atoms with Crippen molar-refractivity contribution in [2.75, 3.05) is 39.5 Å². The van der Waals surface area contributed by atoms with E-state index in [9.17, 15) is 18.0 Å². The minimum atomic E-state index is -3.71. The number of amides is 1. The summed E-state index contributed by atoms with van der Waals surface area (Å²) in [7, 11) is -3.71. The molecule has 2 saturated heterocycles. The van der Waals surface area contributed by atoms with Crippen molar-refractivity contribution in [1.82, 2.24) is 9.21 Å². The van der Waals surface area contributed by atoms with Gasteiger partial charge in [-0.15, -0.1) is 0 Å². The summed E-state index contributed by atoms with van der Waals surface area (Å²) in [6, 6.07) is 5.93. The van der Waals surface area contributed by atoms with Crippen LogP contribution in [0, 0.1) is 0 Å². The Balaban J connectivity index is 1.64. The maximum Gasteiger partial charge on any atom is 0.338 e. The van der Waals surface area contributed by atoms with Gasteiger partial charge >= 0.3 is 5.97 Å². The van der Waals surface area contributed by atoms with Crippen LogP contribution in [-0.2, 0) is 24.3 Å². The van der Waals surface area contributed by atoms with E-state index in [2.05, 4.69) is 0 Å². The van der Waals surface area contributed by atoms with Gasteiger partial charge in [0.25, 0.3) is 5.91 Å². The van der Waals surface area contributed by atoms with Crippen molar-refractivity contribution >= 4 is 21.9 Å². The van der Waals surface area contributed by atoms with E-state index in [1.54, 1.807) is 4.90 Å². The van der Waals surface area contributed by atoms with Gasteiger partial charge in [-0.25, -0.2) is 13.2 Å². The van der Waals surface area contributed by atoms with Crippen LogP contribution >= 0.6 is 0 Å². The van der Waals surface area contributed by atoms with Crippen LogP contribution < -0.4 is 0 Å². The summed E-state index contributed by atoms with van der Waals surface area (Å²) in [6.07, 6.45) is 3.91. The lowest BCUT2D eigenvalue weighted by Crippen LogP contribution is -2.45. The molecule has 1 amide bonds. The smallest absolute Gasteiger partial charge is 0.338 e. The second-order valence-corrected chi connectivity index (χ2v) is 9.20. The summed E-state index contributed by atoms with van der Waals surface area (Å²) in [5.41, 5.74) is 0.109. The van der Waals surface area contributed by atoms with E-state index >= 15 is 0 Å². The van der Waals surface area contributed by atoms with Crippen LogP contribution in [0.2, 0.25) is 0 Å². The Morgan fingerprint density at radius 1 is 1.17 bits per heavy atom. The normalized spacial score (nSPS) is 21.0. The quantitative estimate of drug-likeness (QED) is 0.645. The third kappa shape index (κ3) is 5.15. The highest BCUT2D eigenvalue weighted by Gasteiger charge is 2.28. The van der Waals surface area contributed by atoms with Crippen LogP contribution in [-0.4, -0.2) is 75.0 Å². The number of hydrogen-bond acceptors (Lipinski definition) is 6. The Labute approximate surface area is 171 Å². The highest BCUT2D eigenvalue weighted by molar-refractivity contribution is 7.89. The standard InChI is InChI=1S/C20H28N2O6S/c1-2-17-7-3-4-9-22(17)19(23)15-28-20(24)16-6-5-8-18(14-16)29(25,26)21-10-12-27-13-11-21/h5-6,8,14,17H,2-4,7,9-13,15H2,1H3/t17-/m1/s1. The SMILES string of the molecule is CC[C@@H]1CCCCN1C(=O)COC(=O)c1cccc(S(=O)(=O)N2CCOCC2)c1. The zero-order chi connectivity index (χ0) is 20.9. The summed E-state index contributed by atoms with van der Waals surface area (Å²) >= 11 is 0. The molecule has 160 valence electrons. The first-order chi connectivity index (χ1) is 13.9. The number of likely N-dealkylation sites (tertiary alicyclic amines) is 1. The van der Waals surface area contributed by atoms with Crippen molar-refractivity contribution in [2.45, 2.75) is 43.5 Å². The molecule has 1 aromatic rings. The number of carbonyl (C=O) groups excluding carboxylic acids is 2. The fraction of sp³-hybridized carbons (Fsp3) is 0.600. The zero-order valence-corrected chi connectivity index (χ0v) is 17.5. The summed E-state index contributed by atoms with van der Waals surface area (Å²) in [4.78, 5) is 26.7. The van der Waals surface area contributed by atoms with E-state index in [1.807, 2.05) is 6.92 Å². The lowest BCUT2D eigenvalue weighted by molar-refractivity contribution is -0.138. The first-order valence-corrected chi connectivity index (χ1v) is 11.5. The van der Waals surface area contributed by atoms with Crippen LogP contribution in [0.3, 0.4) is 0 Å². The van der Waals surface area contributed by atoms with Crippen molar-refractivity contribution in [3.05, 3.63) is 29.8 Å². The fourth-order valence-corrected chi connectivity index (χ4v) is 5.22. The van der Waals surface area contributed by atoms with Gasteiger partial charge in [0.2, 0.25) is 10.0 Å². The monoisotopic (exact) mass is 424 g/mol. The maximum atomic E-state index is 12.8. The lowest BCUT2D eigenvalue weighted by Gasteiger charge is -2.35. The predicted molar refractivity (Wildman–Crippen MR) is 106 cm³/mol. The van der Waals surface area contributed by atoms with E-state index in [-0.39, 0.29) is 42.1 Å². The molecule has 1 atom stereocenters. The summed E-state index contributed by atoms with van der Waals surface area (Å²) < 4.78 is 37.2. The number of benzene rings is 1. The molecule has 9 heteroatoms. The Morgan fingerprint density at radius 3 is 2.66 bits per heavy atom. The molecule has 0 spiro atoms. The Morgan fingerprint density at radius 2 is 1.93 bits per heavy atom. The Hall–Kier alpha value is -1.97. The second-order valence-electron chi connectivity index (χ2n) is 7.27. The number of hydrogen-bond donors (Lipinski definition) is 0. The Kier molecular flexibility index (Phi) is 7.26. The highest BCUT2D eigenvalue weighted by atomic mass is 32.2. The predicted octanol–water partition coefficient (Wildman–Crippen LogP) is 1.66. The number of ether oxygens (including phenoxy) is 2. The molecular weight excluding hydrogens is 396 g/mol. The molecule has 0 saturated carbocycles. The molecule has 29 heavy (non-hydrogen) atoms. The van der Waals surface area contributed by atoms with Gasteiger partial charge in [-0.3, -0.25) is 4.79 Å². The second kappa shape index (κ2) is 9.69. The molecule has 8 nitrogen and oxygen atoms in total. The van der Waals surface area contributed by atoms with Crippen molar-refractivity contribution in [3.8, 4) is 0 Å². The summed E-state index contributed by atoms with van der Waals surface area (Å²) in [6.45, 7) is 3.64. The number of piperidine rings is 1. The molecule has 0 bridgehead atoms. The van der Waals surface area contributed by atoms with Crippen molar-refractivity contribution in [1.29, 1.82) is 0 Å². The minimum absolute atomic E-state index is 0.0299. The average molecular weight is 425 g/mol. The van der Waals surface area contributed by atoms with Crippen molar-refractivity contribution < 1.29 is 27.5 Å². The van der Waals surface area contributed by atoms with Crippen molar-refractivity contribution in [2.24, 2.45) is 0 Å². The van der Waals surface area contributed by atoms with Gasteiger partial charge in [-0.05, 0) is 43.9 Å². The van der Waals surface area contributed by atoms with Crippen LogP contribution in [0.5, 0.6) is 0 Å². The molecule has 0 radical (unpaired) electrons. The van der Waals surface area contributed by atoms with Gasteiger partial charge in [0.15, 0.2) is 6.61 Å². The van der Waals surface area contributed by atoms with Crippen LogP contribution in [0.25, 0.3) is 0 Å². The molecule has 0 N–H and O–H groups in total. The Bertz CT molecular complexity index is 835. The van der Waals surface area contributed by atoms with Gasteiger partial charge < -0.3 is 14.4 Å². The number of rotatable bonds is 6. The van der Waals surface area contributed by atoms with Gasteiger partial charge in [-0.2, -0.15) is 4.31 Å². The molecule has 2 fully saturated rings. The van der Waals surface area contributed by atoms with Crippen LogP contribution in [0.1, 0.15) is 43.0 Å². The molecule has 2 heterocycles. The zero-order valence-electron chi connectivity index (χ0n) is 16.7. The number of esters is 1. The van der Waals surface area contributed by atoms with Gasteiger partial charge in [-0.1, -0.05) is 13.0 Å². The molecular formula is C20H28N2O6S. The number of nitrogens with zero attached hydrogens (tertiary/aromatic N) is 2. The number of sulfonamides is 1. The highest BCUT2D eigenvalue weighted by Crippen LogP contribution is 2.21. The third-order valence-corrected chi connectivity index (χ3v) is 7.32. The van der Waals surface area contributed by atoms with E-state index in [1.165, 1.54) is 28.6 Å².